The standard InChI is InChI=1S/C24H34NO3PS/c1-3-25(16-10-17-28-29(26)27)20-23-14-15-24(21(2)19-23)30-18-9-5-8-13-22-11-6-4-7-12-22/h4,6-7,11-12,14-15,19H,3,5,8-10,13,16-18,20H2,1-2H3/p+1. The molecule has 4 nitrogen and oxygen atoms in total. The van der Waals surface area contributed by atoms with Crippen molar-refractivity contribution in [1.82, 2.24) is 4.90 Å². The first-order valence-electron chi connectivity index (χ1n) is 10.9. The molecule has 164 valence electrons. The molecule has 0 fully saturated rings. The zero-order valence-electron chi connectivity index (χ0n) is 18.3. The maximum Gasteiger partial charge on any atom is 0.694 e. The molecule has 0 aliphatic carbocycles. The van der Waals surface area contributed by atoms with E-state index in [1.54, 1.807) is 0 Å². The SMILES string of the molecule is CCN(CCCO[P+](=O)O)Cc1ccc(SCCCCCc2ccccc2)c(C)c1. The van der Waals surface area contributed by atoms with Gasteiger partial charge in [0.2, 0.25) is 0 Å². The fourth-order valence-electron chi connectivity index (χ4n) is 3.44. The van der Waals surface area contributed by atoms with Gasteiger partial charge in [-0.3, -0.25) is 4.90 Å². The Labute approximate surface area is 187 Å². The minimum atomic E-state index is -2.48. The molecule has 30 heavy (non-hydrogen) atoms. The topological polar surface area (TPSA) is 49.8 Å². The highest BCUT2D eigenvalue weighted by Crippen LogP contribution is 2.25. The summed E-state index contributed by atoms with van der Waals surface area (Å²) < 4.78 is 15.3. The molecule has 2 aromatic rings. The molecule has 1 atom stereocenters. The molecule has 1 N–H and O–H groups in total. The maximum absolute atomic E-state index is 10.6. The van der Waals surface area contributed by atoms with Crippen LogP contribution in [-0.2, 0) is 22.1 Å². The van der Waals surface area contributed by atoms with Crippen LogP contribution in [0.25, 0.3) is 0 Å². The average molecular weight is 449 g/mol. The first-order chi connectivity index (χ1) is 14.6. The molecule has 2 rings (SSSR count). The fraction of sp³-hybridized carbons (Fsp3) is 0.500. The van der Waals surface area contributed by atoms with Crippen LogP contribution in [-0.4, -0.2) is 35.2 Å². The molecular formula is C24H35NO3PS+. The third-order valence-corrected chi connectivity index (χ3v) is 6.79. The number of nitrogens with zero attached hydrogens (tertiary/aromatic N) is 1. The van der Waals surface area contributed by atoms with Gasteiger partial charge in [-0.15, -0.1) is 21.2 Å². The fourth-order valence-corrected chi connectivity index (χ4v) is 4.75. The lowest BCUT2D eigenvalue weighted by Crippen LogP contribution is -2.24. The van der Waals surface area contributed by atoms with E-state index in [4.69, 9.17) is 9.42 Å². The minimum absolute atomic E-state index is 0.322. The Morgan fingerprint density at radius 1 is 1.03 bits per heavy atom. The highest BCUT2D eigenvalue weighted by Gasteiger charge is 2.12. The normalized spacial score (nSPS) is 11.8. The number of hydrogen-bond donors (Lipinski definition) is 1. The van der Waals surface area contributed by atoms with Crippen LogP contribution >= 0.6 is 20.0 Å². The monoisotopic (exact) mass is 448 g/mol. The second-order valence-electron chi connectivity index (χ2n) is 7.54. The van der Waals surface area contributed by atoms with Gasteiger partial charge >= 0.3 is 8.25 Å². The lowest BCUT2D eigenvalue weighted by molar-refractivity contribution is 0.227. The number of benzene rings is 2. The number of unbranched alkanes of at least 4 members (excludes halogenated alkanes) is 2. The van der Waals surface area contributed by atoms with E-state index in [0.29, 0.717) is 6.61 Å². The average Bonchev–Trinajstić information content (AvgIpc) is 2.74. The Hall–Kier alpha value is -1.23. The summed E-state index contributed by atoms with van der Waals surface area (Å²) >= 11 is 1.96. The van der Waals surface area contributed by atoms with Crippen LogP contribution in [0.3, 0.4) is 0 Å². The van der Waals surface area contributed by atoms with Crippen LogP contribution in [0.1, 0.15) is 49.3 Å². The molecule has 1 unspecified atom stereocenters. The number of hydrogen-bond acceptors (Lipinski definition) is 4. The van der Waals surface area contributed by atoms with Crippen molar-refractivity contribution in [1.29, 1.82) is 0 Å². The van der Waals surface area contributed by atoms with Gasteiger partial charge in [-0.25, -0.2) is 0 Å². The molecule has 0 amide bonds. The van der Waals surface area contributed by atoms with Crippen molar-refractivity contribution in [2.45, 2.75) is 57.4 Å². The second-order valence-corrected chi connectivity index (χ2v) is 9.41. The van der Waals surface area contributed by atoms with Gasteiger partial charge in [-0.05, 0) is 67.7 Å². The molecule has 0 radical (unpaired) electrons. The molecular weight excluding hydrogens is 413 g/mol. The smallest absolute Gasteiger partial charge is 0.299 e. The van der Waals surface area contributed by atoms with Gasteiger partial charge in [0, 0.05) is 22.6 Å². The van der Waals surface area contributed by atoms with Crippen LogP contribution in [0.4, 0.5) is 0 Å². The Balaban J connectivity index is 1.67. The largest absolute Gasteiger partial charge is 0.694 e. The van der Waals surface area contributed by atoms with Crippen LogP contribution in [0.15, 0.2) is 53.4 Å². The van der Waals surface area contributed by atoms with E-state index in [2.05, 4.69) is 67.3 Å². The quantitative estimate of drug-likeness (QED) is 0.195. The summed E-state index contributed by atoms with van der Waals surface area (Å²) in [5, 5.41) is 0. The molecule has 6 heteroatoms. The summed E-state index contributed by atoms with van der Waals surface area (Å²) in [6.07, 6.45) is 5.72. The third-order valence-electron chi connectivity index (χ3n) is 5.12. The van der Waals surface area contributed by atoms with Gasteiger partial charge in [-0.2, -0.15) is 0 Å². The zero-order valence-corrected chi connectivity index (χ0v) is 20.0. The van der Waals surface area contributed by atoms with Gasteiger partial charge in [0.15, 0.2) is 0 Å². The predicted molar refractivity (Wildman–Crippen MR) is 127 cm³/mol. The third kappa shape index (κ3) is 10.2. The first-order valence-corrected chi connectivity index (χ1v) is 13.0. The van der Waals surface area contributed by atoms with Crippen molar-refractivity contribution >= 4 is 20.0 Å². The van der Waals surface area contributed by atoms with Crippen molar-refractivity contribution in [2.24, 2.45) is 0 Å². The zero-order chi connectivity index (χ0) is 21.6. The van der Waals surface area contributed by atoms with E-state index in [9.17, 15) is 4.57 Å². The van der Waals surface area contributed by atoms with E-state index in [1.165, 1.54) is 53.0 Å². The van der Waals surface area contributed by atoms with Gasteiger partial charge in [0.1, 0.15) is 6.61 Å². The lowest BCUT2D eigenvalue weighted by Gasteiger charge is -2.20. The first kappa shape index (κ1) is 25.0. The van der Waals surface area contributed by atoms with Crippen LogP contribution in [0, 0.1) is 6.92 Å². The molecule has 0 aliphatic rings. The summed E-state index contributed by atoms with van der Waals surface area (Å²) in [5.74, 6) is 1.17. The van der Waals surface area contributed by atoms with Crippen LogP contribution in [0.2, 0.25) is 0 Å². The van der Waals surface area contributed by atoms with Gasteiger partial charge in [0.05, 0.1) is 0 Å². The van der Waals surface area contributed by atoms with E-state index < -0.39 is 8.25 Å². The minimum Gasteiger partial charge on any atom is -0.299 e. The summed E-state index contributed by atoms with van der Waals surface area (Å²) in [6, 6.07) is 17.5. The molecule has 0 aliphatic heterocycles. The summed E-state index contributed by atoms with van der Waals surface area (Å²) in [7, 11) is -2.48. The molecule has 0 heterocycles. The highest BCUT2D eigenvalue weighted by atomic mass is 32.2. The molecule has 0 saturated heterocycles. The summed E-state index contributed by atoms with van der Waals surface area (Å²) in [4.78, 5) is 12.4. The Kier molecular flexibility index (Phi) is 12.3. The Morgan fingerprint density at radius 3 is 2.53 bits per heavy atom. The maximum atomic E-state index is 10.6. The van der Waals surface area contributed by atoms with Crippen molar-refractivity contribution in [3.05, 3.63) is 65.2 Å². The number of aryl methyl sites for hydroxylation is 2. The Bertz CT molecular complexity index is 757. The van der Waals surface area contributed by atoms with Crippen molar-refractivity contribution in [3.63, 3.8) is 0 Å². The number of rotatable bonds is 15. The van der Waals surface area contributed by atoms with Crippen LogP contribution < -0.4 is 0 Å². The van der Waals surface area contributed by atoms with Crippen molar-refractivity contribution < 1.29 is 14.0 Å². The highest BCUT2D eigenvalue weighted by molar-refractivity contribution is 7.99. The van der Waals surface area contributed by atoms with Crippen LogP contribution in [0.5, 0.6) is 0 Å². The van der Waals surface area contributed by atoms with Gasteiger partial charge in [0.25, 0.3) is 0 Å². The molecule has 2 aromatic carbocycles. The van der Waals surface area contributed by atoms with Gasteiger partial charge in [-0.1, -0.05) is 55.8 Å². The lowest BCUT2D eigenvalue weighted by atomic mass is 10.1. The van der Waals surface area contributed by atoms with Crippen molar-refractivity contribution in [3.8, 4) is 0 Å². The van der Waals surface area contributed by atoms with E-state index in [0.717, 1.165) is 26.1 Å². The molecule has 0 bridgehead atoms. The second kappa shape index (κ2) is 14.7. The van der Waals surface area contributed by atoms with E-state index in [1.807, 2.05) is 11.8 Å². The predicted octanol–water partition coefficient (Wildman–Crippen LogP) is 6.38. The molecule has 0 saturated carbocycles. The summed E-state index contributed by atoms with van der Waals surface area (Å²) in [5.41, 5.74) is 4.10. The molecule has 0 aromatic heterocycles. The summed E-state index contributed by atoms with van der Waals surface area (Å²) in [6.45, 7) is 7.36. The van der Waals surface area contributed by atoms with Crippen molar-refractivity contribution in [2.75, 3.05) is 25.4 Å². The Morgan fingerprint density at radius 2 is 1.83 bits per heavy atom. The van der Waals surface area contributed by atoms with E-state index >= 15 is 0 Å². The van der Waals surface area contributed by atoms with E-state index in [-0.39, 0.29) is 0 Å². The molecule has 0 spiro atoms. The van der Waals surface area contributed by atoms with Gasteiger partial charge < -0.3 is 0 Å². The number of thioether (sulfide) groups is 1.